The highest BCUT2D eigenvalue weighted by Crippen LogP contribution is 2.27. The molecule has 1 aromatic heterocycles. The summed E-state index contributed by atoms with van der Waals surface area (Å²) in [4.78, 5) is 6.31. The lowest BCUT2D eigenvalue weighted by atomic mass is 10.1. The topological polar surface area (TPSA) is 42.2 Å². The van der Waals surface area contributed by atoms with Crippen molar-refractivity contribution in [3.05, 3.63) is 51.2 Å². The van der Waals surface area contributed by atoms with Crippen molar-refractivity contribution in [2.75, 3.05) is 13.6 Å². The van der Waals surface area contributed by atoms with E-state index >= 15 is 0 Å². The zero-order chi connectivity index (χ0) is 13.8. The van der Waals surface area contributed by atoms with Crippen molar-refractivity contribution in [3.8, 4) is 0 Å². The smallest absolute Gasteiger partial charge is 0.124 e. The number of nitrogens with two attached hydrogens (primary N) is 1. The number of benzene rings is 1. The van der Waals surface area contributed by atoms with Gasteiger partial charge < -0.3 is 5.73 Å². The number of likely N-dealkylation sites (N-methyl/N-ethyl adjacent to an activating group) is 1. The SMILES string of the molecule is CN(Cc1cscn1)C(CN)c1ccc(F)cc1Cl. The van der Waals surface area contributed by atoms with Crippen molar-refractivity contribution in [3.63, 3.8) is 0 Å². The fourth-order valence-electron chi connectivity index (χ4n) is 2.00. The quantitative estimate of drug-likeness (QED) is 0.922. The second-order valence-corrected chi connectivity index (χ2v) is 5.44. The first-order valence-electron chi connectivity index (χ1n) is 5.84. The van der Waals surface area contributed by atoms with Crippen molar-refractivity contribution >= 4 is 22.9 Å². The molecule has 1 atom stereocenters. The number of hydrogen-bond donors (Lipinski definition) is 1. The summed E-state index contributed by atoms with van der Waals surface area (Å²) in [5, 5.41) is 2.40. The molecule has 2 aromatic rings. The molecule has 102 valence electrons. The van der Waals surface area contributed by atoms with Crippen LogP contribution in [0.2, 0.25) is 5.02 Å². The van der Waals surface area contributed by atoms with E-state index in [1.165, 1.54) is 12.1 Å². The molecule has 0 aliphatic carbocycles. The highest BCUT2D eigenvalue weighted by Gasteiger charge is 2.19. The zero-order valence-corrected chi connectivity index (χ0v) is 12.1. The lowest BCUT2D eigenvalue weighted by Gasteiger charge is -2.27. The van der Waals surface area contributed by atoms with Crippen molar-refractivity contribution in [2.24, 2.45) is 5.73 Å². The van der Waals surface area contributed by atoms with Gasteiger partial charge in [-0.2, -0.15) is 0 Å². The molecule has 0 saturated heterocycles. The van der Waals surface area contributed by atoms with E-state index in [9.17, 15) is 4.39 Å². The standard InChI is InChI=1S/C13H15ClFN3S/c1-18(6-10-7-19-8-17-10)13(5-16)11-3-2-9(15)4-12(11)14/h2-4,7-8,13H,5-6,16H2,1H3. The Labute approximate surface area is 120 Å². The number of hydrogen-bond acceptors (Lipinski definition) is 4. The fraction of sp³-hybridized carbons (Fsp3) is 0.308. The first kappa shape index (κ1) is 14.4. The highest BCUT2D eigenvalue weighted by molar-refractivity contribution is 7.07. The fourth-order valence-corrected chi connectivity index (χ4v) is 2.84. The van der Waals surface area contributed by atoms with Gasteiger partial charge in [0.1, 0.15) is 5.82 Å². The van der Waals surface area contributed by atoms with Gasteiger partial charge in [0.15, 0.2) is 0 Å². The van der Waals surface area contributed by atoms with Crippen LogP contribution in [0.3, 0.4) is 0 Å². The molecule has 0 radical (unpaired) electrons. The van der Waals surface area contributed by atoms with Crippen LogP contribution < -0.4 is 5.73 Å². The Balaban J connectivity index is 2.18. The molecule has 0 bridgehead atoms. The van der Waals surface area contributed by atoms with Crippen molar-refractivity contribution in [1.29, 1.82) is 0 Å². The van der Waals surface area contributed by atoms with Gasteiger partial charge in [-0.05, 0) is 24.7 Å². The number of thiazole rings is 1. The van der Waals surface area contributed by atoms with Crippen LogP contribution in [-0.4, -0.2) is 23.5 Å². The first-order valence-corrected chi connectivity index (χ1v) is 7.16. The third kappa shape index (κ3) is 3.51. The summed E-state index contributed by atoms with van der Waals surface area (Å²) >= 11 is 7.65. The van der Waals surface area contributed by atoms with E-state index in [1.54, 1.807) is 22.9 Å². The van der Waals surface area contributed by atoms with Crippen LogP contribution in [0.25, 0.3) is 0 Å². The monoisotopic (exact) mass is 299 g/mol. The third-order valence-electron chi connectivity index (χ3n) is 2.97. The highest BCUT2D eigenvalue weighted by atomic mass is 35.5. The summed E-state index contributed by atoms with van der Waals surface area (Å²) in [6.45, 7) is 1.09. The Bertz CT molecular complexity index is 533. The summed E-state index contributed by atoms with van der Waals surface area (Å²) in [5.74, 6) is -0.341. The molecule has 0 aliphatic heterocycles. The summed E-state index contributed by atoms with van der Waals surface area (Å²) < 4.78 is 13.1. The molecule has 0 spiro atoms. The van der Waals surface area contributed by atoms with E-state index in [0.717, 1.165) is 11.3 Å². The maximum absolute atomic E-state index is 13.1. The van der Waals surface area contributed by atoms with Crippen LogP contribution >= 0.6 is 22.9 Å². The van der Waals surface area contributed by atoms with E-state index < -0.39 is 0 Å². The minimum atomic E-state index is -0.341. The zero-order valence-electron chi connectivity index (χ0n) is 10.5. The van der Waals surface area contributed by atoms with Gasteiger partial charge >= 0.3 is 0 Å². The maximum Gasteiger partial charge on any atom is 0.124 e. The minimum Gasteiger partial charge on any atom is -0.329 e. The van der Waals surface area contributed by atoms with E-state index in [4.69, 9.17) is 17.3 Å². The Morgan fingerprint density at radius 2 is 2.32 bits per heavy atom. The largest absolute Gasteiger partial charge is 0.329 e. The van der Waals surface area contributed by atoms with Crippen molar-refractivity contribution in [1.82, 2.24) is 9.88 Å². The predicted molar refractivity (Wildman–Crippen MR) is 76.8 cm³/mol. The van der Waals surface area contributed by atoms with Gasteiger partial charge in [-0.25, -0.2) is 9.37 Å². The summed E-state index contributed by atoms with van der Waals surface area (Å²) in [6.07, 6.45) is 0. The summed E-state index contributed by atoms with van der Waals surface area (Å²) in [6, 6.07) is 4.35. The minimum absolute atomic E-state index is 0.0604. The van der Waals surface area contributed by atoms with Gasteiger partial charge in [0.2, 0.25) is 0 Å². The van der Waals surface area contributed by atoms with Gasteiger partial charge in [-0.1, -0.05) is 17.7 Å². The maximum atomic E-state index is 13.1. The molecule has 0 aliphatic rings. The van der Waals surface area contributed by atoms with E-state index in [0.29, 0.717) is 18.1 Å². The Morgan fingerprint density at radius 1 is 1.53 bits per heavy atom. The number of aromatic nitrogens is 1. The van der Waals surface area contributed by atoms with Gasteiger partial charge in [-0.15, -0.1) is 11.3 Å². The lowest BCUT2D eigenvalue weighted by Crippen LogP contribution is -2.30. The van der Waals surface area contributed by atoms with Crippen LogP contribution in [0, 0.1) is 5.82 Å². The molecule has 1 unspecified atom stereocenters. The van der Waals surface area contributed by atoms with Crippen LogP contribution in [0.1, 0.15) is 17.3 Å². The van der Waals surface area contributed by atoms with Crippen LogP contribution in [-0.2, 0) is 6.54 Å². The Morgan fingerprint density at radius 3 is 2.89 bits per heavy atom. The van der Waals surface area contributed by atoms with Crippen LogP contribution in [0.4, 0.5) is 4.39 Å². The Kier molecular flexibility index (Phi) is 4.87. The second-order valence-electron chi connectivity index (χ2n) is 4.31. The molecule has 1 heterocycles. The average Bonchev–Trinajstić information content (AvgIpc) is 2.85. The van der Waals surface area contributed by atoms with Crippen LogP contribution in [0.5, 0.6) is 0 Å². The molecule has 3 nitrogen and oxygen atoms in total. The van der Waals surface area contributed by atoms with Crippen LogP contribution in [0.15, 0.2) is 29.1 Å². The number of halogens is 2. The molecule has 2 N–H and O–H groups in total. The molecule has 6 heteroatoms. The predicted octanol–water partition coefficient (Wildman–Crippen LogP) is 3.07. The number of nitrogens with zero attached hydrogens (tertiary/aromatic N) is 2. The van der Waals surface area contributed by atoms with E-state index in [2.05, 4.69) is 9.88 Å². The Hall–Kier alpha value is -1.01. The van der Waals surface area contributed by atoms with Gasteiger partial charge in [0, 0.05) is 29.5 Å². The third-order valence-corrected chi connectivity index (χ3v) is 3.93. The molecule has 1 aromatic carbocycles. The van der Waals surface area contributed by atoms with Gasteiger partial charge in [0.05, 0.1) is 11.2 Å². The number of rotatable bonds is 5. The van der Waals surface area contributed by atoms with Crippen molar-refractivity contribution in [2.45, 2.75) is 12.6 Å². The molecule has 19 heavy (non-hydrogen) atoms. The molecular weight excluding hydrogens is 285 g/mol. The molecule has 0 fully saturated rings. The average molecular weight is 300 g/mol. The second kappa shape index (κ2) is 6.43. The van der Waals surface area contributed by atoms with Gasteiger partial charge in [-0.3, -0.25) is 4.90 Å². The summed E-state index contributed by atoms with van der Waals surface area (Å²) in [7, 11) is 1.95. The summed E-state index contributed by atoms with van der Waals surface area (Å²) in [5.41, 5.74) is 9.45. The molecule has 2 rings (SSSR count). The van der Waals surface area contributed by atoms with E-state index in [1.807, 2.05) is 12.4 Å². The normalized spacial score (nSPS) is 12.9. The first-order chi connectivity index (χ1) is 9.11. The molecular formula is C13H15ClFN3S. The van der Waals surface area contributed by atoms with Crippen molar-refractivity contribution < 1.29 is 4.39 Å². The molecule has 0 saturated carbocycles. The van der Waals surface area contributed by atoms with Gasteiger partial charge in [0.25, 0.3) is 0 Å². The lowest BCUT2D eigenvalue weighted by molar-refractivity contribution is 0.239. The van der Waals surface area contributed by atoms with E-state index in [-0.39, 0.29) is 11.9 Å². The molecule has 0 amide bonds.